The minimum absolute atomic E-state index is 0.165. The molecule has 0 aliphatic heterocycles. The molecule has 0 bridgehead atoms. The Morgan fingerprint density at radius 3 is 2.84 bits per heavy atom. The number of hydrogen-bond acceptors (Lipinski definition) is 3. The van der Waals surface area contributed by atoms with E-state index in [4.69, 9.17) is 0 Å². The predicted octanol–water partition coefficient (Wildman–Crippen LogP) is 2.79. The van der Waals surface area contributed by atoms with Crippen molar-refractivity contribution in [3.05, 3.63) is 54.1 Å². The predicted molar refractivity (Wildman–Crippen MR) is 72.3 cm³/mol. The molecule has 2 rings (SSSR count). The highest BCUT2D eigenvalue weighted by Gasteiger charge is 2.05. The van der Waals surface area contributed by atoms with Crippen LogP contribution in [0.3, 0.4) is 0 Å². The number of amides is 1. The van der Waals surface area contributed by atoms with Gasteiger partial charge in [-0.3, -0.25) is 9.78 Å². The largest absolute Gasteiger partial charge is 0.379 e. The number of rotatable bonds is 4. The van der Waals surface area contributed by atoms with Crippen LogP contribution in [0.1, 0.15) is 12.6 Å². The molecule has 0 saturated heterocycles. The highest BCUT2D eigenvalue weighted by molar-refractivity contribution is 5.89. The van der Waals surface area contributed by atoms with E-state index < -0.39 is 5.82 Å². The van der Waals surface area contributed by atoms with Crippen LogP contribution < -0.4 is 10.6 Å². The standard InChI is InChI=1S/C14H14FN3O/c1-10(19)18-14-8-11(5-6-13(14)15)17-9-12-4-2-3-7-16-12/h2-8,17H,9H2,1H3,(H,18,19). The second-order valence-corrected chi connectivity index (χ2v) is 4.05. The number of halogens is 1. The summed E-state index contributed by atoms with van der Waals surface area (Å²) in [5.74, 6) is -0.764. The Labute approximate surface area is 110 Å². The summed E-state index contributed by atoms with van der Waals surface area (Å²) >= 11 is 0. The Balaban J connectivity index is 2.06. The number of benzene rings is 1. The summed E-state index contributed by atoms with van der Waals surface area (Å²) in [5, 5.41) is 5.56. The van der Waals surface area contributed by atoms with Gasteiger partial charge in [0.15, 0.2) is 0 Å². The van der Waals surface area contributed by atoms with Crippen molar-refractivity contribution in [2.45, 2.75) is 13.5 Å². The zero-order valence-electron chi connectivity index (χ0n) is 10.5. The Hall–Kier alpha value is -2.43. The molecule has 2 N–H and O–H groups in total. The Kier molecular flexibility index (Phi) is 4.07. The van der Waals surface area contributed by atoms with Crippen LogP contribution in [-0.2, 0) is 11.3 Å². The fourth-order valence-electron chi connectivity index (χ4n) is 1.62. The van der Waals surface area contributed by atoms with E-state index in [0.29, 0.717) is 6.54 Å². The Morgan fingerprint density at radius 2 is 2.16 bits per heavy atom. The number of nitrogens with one attached hydrogen (secondary N) is 2. The average Bonchev–Trinajstić information content (AvgIpc) is 2.40. The van der Waals surface area contributed by atoms with Gasteiger partial charge in [0.25, 0.3) is 0 Å². The van der Waals surface area contributed by atoms with Crippen LogP contribution in [0.4, 0.5) is 15.8 Å². The summed E-state index contributed by atoms with van der Waals surface area (Å²) in [5.41, 5.74) is 1.77. The fourth-order valence-corrected chi connectivity index (χ4v) is 1.62. The number of nitrogens with zero attached hydrogens (tertiary/aromatic N) is 1. The van der Waals surface area contributed by atoms with E-state index >= 15 is 0 Å². The lowest BCUT2D eigenvalue weighted by Crippen LogP contribution is -2.08. The molecule has 0 spiro atoms. The van der Waals surface area contributed by atoms with E-state index in [1.807, 2.05) is 18.2 Å². The first-order valence-electron chi connectivity index (χ1n) is 5.86. The molecule has 98 valence electrons. The van der Waals surface area contributed by atoms with Crippen molar-refractivity contribution in [1.29, 1.82) is 0 Å². The molecular weight excluding hydrogens is 245 g/mol. The lowest BCUT2D eigenvalue weighted by Gasteiger charge is -2.09. The Morgan fingerprint density at radius 1 is 1.32 bits per heavy atom. The highest BCUT2D eigenvalue weighted by atomic mass is 19.1. The second-order valence-electron chi connectivity index (χ2n) is 4.05. The van der Waals surface area contributed by atoms with Crippen molar-refractivity contribution >= 4 is 17.3 Å². The lowest BCUT2D eigenvalue weighted by molar-refractivity contribution is -0.114. The van der Waals surface area contributed by atoms with Gasteiger partial charge in [0.1, 0.15) is 5.82 Å². The maximum atomic E-state index is 13.4. The summed E-state index contributed by atoms with van der Waals surface area (Å²) in [4.78, 5) is 15.1. The van der Waals surface area contributed by atoms with Crippen molar-refractivity contribution in [3.8, 4) is 0 Å². The van der Waals surface area contributed by atoms with Crippen molar-refractivity contribution in [2.75, 3.05) is 10.6 Å². The van der Waals surface area contributed by atoms with Crippen molar-refractivity contribution in [1.82, 2.24) is 4.98 Å². The second kappa shape index (κ2) is 5.95. The topological polar surface area (TPSA) is 54.0 Å². The van der Waals surface area contributed by atoms with Gasteiger partial charge >= 0.3 is 0 Å². The molecule has 0 atom stereocenters. The van der Waals surface area contributed by atoms with Crippen LogP contribution in [0.5, 0.6) is 0 Å². The highest BCUT2D eigenvalue weighted by Crippen LogP contribution is 2.20. The maximum absolute atomic E-state index is 13.4. The molecule has 1 amide bonds. The molecule has 1 heterocycles. The average molecular weight is 259 g/mol. The molecule has 1 aromatic carbocycles. The van der Waals surface area contributed by atoms with Gasteiger partial charge in [-0.15, -0.1) is 0 Å². The van der Waals surface area contributed by atoms with Crippen LogP contribution in [0.2, 0.25) is 0 Å². The first-order valence-corrected chi connectivity index (χ1v) is 5.86. The van der Waals surface area contributed by atoms with Gasteiger partial charge in [-0.25, -0.2) is 4.39 Å². The summed E-state index contributed by atoms with van der Waals surface area (Å²) in [6.45, 7) is 1.87. The third kappa shape index (κ3) is 3.77. The van der Waals surface area contributed by atoms with Gasteiger partial charge < -0.3 is 10.6 Å². The van der Waals surface area contributed by atoms with Gasteiger partial charge in [-0.2, -0.15) is 0 Å². The van der Waals surface area contributed by atoms with Gasteiger partial charge in [0.2, 0.25) is 5.91 Å². The van der Waals surface area contributed by atoms with Crippen LogP contribution in [-0.4, -0.2) is 10.9 Å². The van der Waals surface area contributed by atoms with Crippen molar-refractivity contribution < 1.29 is 9.18 Å². The first-order chi connectivity index (χ1) is 9.15. The summed E-state index contributed by atoms with van der Waals surface area (Å²) in [6, 6.07) is 10.1. The number of carbonyl (C=O) groups is 1. The van der Waals surface area contributed by atoms with E-state index in [1.54, 1.807) is 18.3 Å². The number of aromatic nitrogens is 1. The molecule has 0 aliphatic rings. The third-order valence-electron chi connectivity index (χ3n) is 2.48. The molecule has 0 saturated carbocycles. The fraction of sp³-hybridized carbons (Fsp3) is 0.143. The molecule has 5 heteroatoms. The molecule has 19 heavy (non-hydrogen) atoms. The number of carbonyl (C=O) groups excluding carboxylic acids is 1. The van der Waals surface area contributed by atoms with Crippen LogP contribution in [0, 0.1) is 5.82 Å². The molecule has 0 aliphatic carbocycles. The molecule has 1 aromatic heterocycles. The van der Waals surface area contributed by atoms with Gasteiger partial charge in [-0.1, -0.05) is 6.07 Å². The van der Waals surface area contributed by atoms with Crippen LogP contribution in [0.15, 0.2) is 42.6 Å². The minimum Gasteiger partial charge on any atom is -0.379 e. The van der Waals surface area contributed by atoms with Gasteiger partial charge in [0, 0.05) is 18.8 Å². The minimum atomic E-state index is -0.460. The van der Waals surface area contributed by atoms with E-state index in [-0.39, 0.29) is 11.6 Å². The maximum Gasteiger partial charge on any atom is 0.221 e. The third-order valence-corrected chi connectivity index (χ3v) is 2.48. The molecule has 2 aromatic rings. The van der Waals surface area contributed by atoms with Crippen LogP contribution in [0.25, 0.3) is 0 Å². The van der Waals surface area contributed by atoms with E-state index in [1.165, 1.54) is 13.0 Å². The Bertz CT molecular complexity index is 572. The molecular formula is C14H14FN3O. The summed E-state index contributed by atoms with van der Waals surface area (Å²) in [7, 11) is 0. The summed E-state index contributed by atoms with van der Waals surface area (Å²) in [6.07, 6.45) is 1.71. The van der Waals surface area contributed by atoms with Crippen molar-refractivity contribution in [2.24, 2.45) is 0 Å². The zero-order valence-corrected chi connectivity index (χ0v) is 10.5. The normalized spacial score (nSPS) is 10.0. The molecule has 0 fully saturated rings. The quantitative estimate of drug-likeness (QED) is 0.887. The van der Waals surface area contributed by atoms with E-state index in [9.17, 15) is 9.18 Å². The monoisotopic (exact) mass is 259 g/mol. The zero-order chi connectivity index (χ0) is 13.7. The first kappa shape index (κ1) is 13.0. The smallest absolute Gasteiger partial charge is 0.221 e. The summed E-state index contributed by atoms with van der Waals surface area (Å²) < 4.78 is 13.4. The van der Waals surface area contributed by atoms with Gasteiger partial charge in [0.05, 0.1) is 17.9 Å². The van der Waals surface area contributed by atoms with E-state index in [0.717, 1.165) is 11.4 Å². The lowest BCUT2D eigenvalue weighted by atomic mass is 10.2. The van der Waals surface area contributed by atoms with Crippen molar-refractivity contribution in [3.63, 3.8) is 0 Å². The van der Waals surface area contributed by atoms with Crippen LogP contribution >= 0.6 is 0 Å². The molecule has 0 radical (unpaired) electrons. The number of pyridine rings is 1. The SMILES string of the molecule is CC(=O)Nc1cc(NCc2ccccn2)ccc1F. The van der Waals surface area contributed by atoms with Gasteiger partial charge in [-0.05, 0) is 30.3 Å². The number of hydrogen-bond donors (Lipinski definition) is 2. The molecule has 0 unspecified atom stereocenters. The number of anilines is 2. The van der Waals surface area contributed by atoms with E-state index in [2.05, 4.69) is 15.6 Å². The molecule has 4 nitrogen and oxygen atoms in total.